The molecule has 0 aliphatic heterocycles. The summed E-state index contributed by atoms with van der Waals surface area (Å²) >= 11 is 1.64. The number of rotatable bonds is 5. The number of nitrogens with zero attached hydrogens (tertiary/aromatic N) is 2. The van der Waals surface area contributed by atoms with Crippen LogP contribution in [-0.4, -0.2) is 22.3 Å². The van der Waals surface area contributed by atoms with Gasteiger partial charge in [0.15, 0.2) is 5.82 Å². The molecule has 1 amide bonds. The quantitative estimate of drug-likeness (QED) is 0.851. The van der Waals surface area contributed by atoms with Gasteiger partial charge >= 0.3 is 0 Å². The smallest absolute Gasteiger partial charge is 0.227 e. The summed E-state index contributed by atoms with van der Waals surface area (Å²) in [5.74, 6) is 1.02. The molecule has 0 saturated heterocycles. The molecule has 19 heavy (non-hydrogen) atoms. The van der Waals surface area contributed by atoms with Gasteiger partial charge in [-0.3, -0.25) is 4.79 Å². The van der Waals surface area contributed by atoms with Crippen LogP contribution in [0.2, 0.25) is 0 Å². The van der Waals surface area contributed by atoms with Crippen molar-refractivity contribution in [2.24, 2.45) is 0 Å². The van der Waals surface area contributed by atoms with E-state index < -0.39 is 0 Å². The van der Waals surface area contributed by atoms with Crippen molar-refractivity contribution in [3.63, 3.8) is 0 Å². The number of amides is 1. The number of nitrogens with one attached hydrogen (secondary N) is 1. The first-order valence-corrected chi connectivity index (χ1v) is 7.13. The third-order valence-electron chi connectivity index (χ3n) is 2.49. The van der Waals surface area contributed by atoms with Crippen LogP contribution in [0.15, 0.2) is 33.7 Å². The molecule has 1 heterocycles. The molecule has 2 rings (SSSR count). The predicted molar refractivity (Wildman–Crippen MR) is 74.2 cm³/mol. The van der Waals surface area contributed by atoms with Crippen molar-refractivity contribution in [2.75, 3.05) is 11.6 Å². The van der Waals surface area contributed by atoms with Crippen molar-refractivity contribution in [3.8, 4) is 0 Å². The molecule has 0 aliphatic carbocycles. The Balaban J connectivity index is 1.86. The summed E-state index contributed by atoms with van der Waals surface area (Å²) in [6.45, 7) is 1.75. The zero-order valence-electron chi connectivity index (χ0n) is 10.8. The van der Waals surface area contributed by atoms with Crippen molar-refractivity contribution >= 4 is 23.4 Å². The number of anilines is 1. The Bertz CT molecular complexity index is 569. The van der Waals surface area contributed by atoms with Crippen LogP contribution in [-0.2, 0) is 11.2 Å². The first-order valence-electron chi connectivity index (χ1n) is 5.90. The average molecular weight is 277 g/mol. The van der Waals surface area contributed by atoms with E-state index in [1.807, 2.05) is 30.5 Å². The Morgan fingerprint density at radius 2 is 2.32 bits per heavy atom. The van der Waals surface area contributed by atoms with E-state index in [0.29, 0.717) is 24.6 Å². The average Bonchev–Trinajstić information content (AvgIpc) is 2.82. The minimum atomic E-state index is -0.0610. The van der Waals surface area contributed by atoms with Gasteiger partial charge in [0, 0.05) is 23.4 Å². The molecule has 0 radical (unpaired) electrons. The molecule has 6 heteroatoms. The molecule has 0 saturated carbocycles. The lowest BCUT2D eigenvalue weighted by Crippen LogP contribution is -2.12. The number of carbonyl (C=O) groups excluding carboxylic acids is 1. The fraction of sp³-hybridized carbons (Fsp3) is 0.308. The van der Waals surface area contributed by atoms with Gasteiger partial charge in [0.05, 0.1) is 0 Å². The third-order valence-corrected chi connectivity index (χ3v) is 3.21. The van der Waals surface area contributed by atoms with Gasteiger partial charge in [-0.05, 0) is 31.4 Å². The fourth-order valence-corrected chi connectivity index (χ4v) is 2.05. The number of aromatic nitrogens is 2. The minimum absolute atomic E-state index is 0.0610. The Hall–Kier alpha value is -1.82. The number of benzene rings is 1. The lowest BCUT2D eigenvalue weighted by Gasteiger charge is -2.05. The zero-order valence-corrected chi connectivity index (χ0v) is 11.7. The van der Waals surface area contributed by atoms with Gasteiger partial charge < -0.3 is 9.84 Å². The van der Waals surface area contributed by atoms with Crippen molar-refractivity contribution in [3.05, 3.63) is 36.0 Å². The Morgan fingerprint density at radius 1 is 1.47 bits per heavy atom. The monoisotopic (exact) mass is 277 g/mol. The summed E-state index contributed by atoms with van der Waals surface area (Å²) in [6.07, 6.45) is 2.78. The summed E-state index contributed by atoms with van der Waals surface area (Å²) in [5, 5.41) is 6.53. The minimum Gasteiger partial charge on any atom is -0.339 e. The molecule has 0 bridgehead atoms. The standard InChI is InChI=1S/C13H15N3O2S/c1-9-14-13(18-16-9)7-6-12(17)15-10-4-3-5-11(8-10)19-2/h3-5,8H,6-7H2,1-2H3,(H,15,17). The van der Waals surface area contributed by atoms with Crippen LogP contribution in [0.3, 0.4) is 0 Å². The van der Waals surface area contributed by atoms with Crippen LogP contribution in [0.4, 0.5) is 5.69 Å². The lowest BCUT2D eigenvalue weighted by molar-refractivity contribution is -0.116. The molecule has 0 unspecified atom stereocenters. The molecular weight excluding hydrogens is 262 g/mol. The van der Waals surface area contributed by atoms with E-state index in [-0.39, 0.29) is 5.91 Å². The highest BCUT2D eigenvalue weighted by Gasteiger charge is 2.07. The van der Waals surface area contributed by atoms with Crippen LogP contribution >= 0.6 is 11.8 Å². The molecular formula is C13H15N3O2S. The van der Waals surface area contributed by atoms with Gasteiger partial charge in [-0.15, -0.1) is 11.8 Å². The topological polar surface area (TPSA) is 68.0 Å². The second-order valence-corrected chi connectivity index (χ2v) is 4.90. The van der Waals surface area contributed by atoms with Gasteiger partial charge in [-0.2, -0.15) is 4.98 Å². The van der Waals surface area contributed by atoms with Gasteiger partial charge in [-0.1, -0.05) is 11.2 Å². The van der Waals surface area contributed by atoms with Crippen molar-refractivity contribution < 1.29 is 9.32 Å². The molecule has 5 nitrogen and oxygen atoms in total. The highest BCUT2D eigenvalue weighted by atomic mass is 32.2. The zero-order chi connectivity index (χ0) is 13.7. The molecule has 1 N–H and O–H groups in total. The molecule has 1 aromatic heterocycles. The fourth-order valence-electron chi connectivity index (χ4n) is 1.59. The number of carbonyl (C=O) groups is 1. The maximum atomic E-state index is 11.8. The van der Waals surface area contributed by atoms with Crippen molar-refractivity contribution in [1.82, 2.24) is 10.1 Å². The molecule has 0 fully saturated rings. The molecule has 100 valence electrons. The van der Waals surface area contributed by atoms with Gasteiger partial charge in [-0.25, -0.2) is 0 Å². The maximum Gasteiger partial charge on any atom is 0.227 e. The van der Waals surface area contributed by atoms with Crippen molar-refractivity contribution in [2.45, 2.75) is 24.7 Å². The van der Waals surface area contributed by atoms with Crippen LogP contribution in [0, 0.1) is 6.92 Å². The molecule has 0 atom stereocenters. The molecule has 1 aromatic carbocycles. The van der Waals surface area contributed by atoms with Gasteiger partial charge in [0.2, 0.25) is 11.8 Å². The maximum absolute atomic E-state index is 11.8. The van der Waals surface area contributed by atoms with E-state index >= 15 is 0 Å². The van der Waals surface area contributed by atoms with Crippen LogP contribution in [0.5, 0.6) is 0 Å². The largest absolute Gasteiger partial charge is 0.339 e. The van der Waals surface area contributed by atoms with Gasteiger partial charge in [0.1, 0.15) is 0 Å². The molecule has 0 spiro atoms. The van der Waals surface area contributed by atoms with Crippen molar-refractivity contribution in [1.29, 1.82) is 0 Å². The summed E-state index contributed by atoms with van der Waals surface area (Å²) < 4.78 is 4.96. The third kappa shape index (κ3) is 4.10. The van der Waals surface area contributed by atoms with E-state index in [1.165, 1.54) is 0 Å². The summed E-state index contributed by atoms with van der Waals surface area (Å²) in [6, 6.07) is 7.73. The predicted octanol–water partition coefficient (Wildman–Crippen LogP) is 2.67. The first-order chi connectivity index (χ1) is 9.17. The van der Waals surface area contributed by atoms with Gasteiger partial charge in [0.25, 0.3) is 0 Å². The number of hydrogen-bond donors (Lipinski definition) is 1. The number of aryl methyl sites for hydroxylation is 2. The molecule has 2 aromatic rings. The Labute approximate surface area is 115 Å². The highest BCUT2D eigenvalue weighted by molar-refractivity contribution is 7.98. The van der Waals surface area contributed by atoms with Crippen LogP contribution in [0.25, 0.3) is 0 Å². The normalized spacial score (nSPS) is 10.4. The number of thioether (sulfide) groups is 1. The summed E-state index contributed by atoms with van der Waals surface area (Å²) in [5.41, 5.74) is 0.804. The van der Waals surface area contributed by atoms with Crippen LogP contribution < -0.4 is 5.32 Å². The highest BCUT2D eigenvalue weighted by Crippen LogP contribution is 2.19. The van der Waals surface area contributed by atoms with E-state index in [1.54, 1.807) is 18.7 Å². The Kier molecular flexibility index (Phi) is 4.57. The Morgan fingerprint density at radius 3 is 3.00 bits per heavy atom. The lowest BCUT2D eigenvalue weighted by atomic mass is 10.2. The number of hydrogen-bond acceptors (Lipinski definition) is 5. The first kappa shape index (κ1) is 13.6. The van der Waals surface area contributed by atoms with Crippen LogP contribution in [0.1, 0.15) is 18.1 Å². The van der Waals surface area contributed by atoms with E-state index in [2.05, 4.69) is 15.5 Å². The van der Waals surface area contributed by atoms with E-state index in [9.17, 15) is 4.79 Å². The summed E-state index contributed by atoms with van der Waals surface area (Å²) in [4.78, 5) is 17.0. The SMILES string of the molecule is CSc1cccc(NC(=O)CCc2nc(C)no2)c1. The second-order valence-electron chi connectivity index (χ2n) is 4.02. The van der Waals surface area contributed by atoms with E-state index in [4.69, 9.17) is 4.52 Å². The van der Waals surface area contributed by atoms with E-state index in [0.717, 1.165) is 10.6 Å². The second kappa shape index (κ2) is 6.38. The summed E-state index contributed by atoms with van der Waals surface area (Å²) in [7, 11) is 0. The molecule has 0 aliphatic rings.